The van der Waals surface area contributed by atoms with Crippen LogP contribution in [0.25, 0.3) is 0 Å². The van der Waals surface area contributed by atoms with Crippen molar-refractivity contribution in [3.8, 4) is 0 Å². The van der Waals surface area contributed by atoms with Crippen molar-refractivity contribution in [2.24, 2.45) is 0 Å². The standard InChI is InChI=1S/C15H20ClN3OS/c1-11(2)17-8-4-7-15-18-14(19-20-15)10-21-13-6-3-5-12(16)9-13/h3,5-6,9,11,17H,4,7-8,10H2,1-2H3. The molecule has 0 saturated heterocycles. The fraction of sp³-hybridized carbons (Fsp3) is 0.467. The summed E-state index contributed by atoms with van der Waals surface area (Å²) in [5.74, 6) is 2.13. The molecule has 1 heterocycles. The van der Waals surface area contributed by atoms with E-state index in [4.69, 9.17) is 16.1 Å². The number of nitrogens with one attached hydrogen (secondary N) is 1. The number of nitrogens with zero attached hydrogens (tertiary/aromatic N) is 2. The topological polar surface area (TPSA) is 51.0 Å². The van der Waals surface area contributed by atoms with E-state index in [1.807, 2.05) is 24.3 Å². The van der Waals surface area contributed by atoms with E-state index >= 15 is 0 Å². The van der Waals surface area contributed by atoms with E-state index in [0.717, 1.165) is 35.1 Å². The predicted octanol–water partition coefficient (Wildman–Crippen LogP) is 3.95. The second-order valence-corrected chi connectivity index (χ2v) is 6.55. The van der Waals surface area contributed by atoms with Gasteiger partial charge < -0.3 is 9.84 Å². The van der Waals surface area contributed by atoms with E-state index in [1.165, 1.54) is 0 Å². The Hall–Kier alpha value is -1.04. The number of aromatic nitrogens is 2. The molecule has 1 aromatic heterocycles. The van der Waals surface area contributed by atoms with Gasteiger partial charge in [-0.15, -0.1) is 11.8 Å². The van der Waals surface area contributed by atoms with Crippen LogP contribution in [-0.2, 0) is 12.2 Å². The van der Waals surface area contributed by atoms with Crippen LogP contribution in [0.5, 0.6) is 0 Å². The Balaban J connectivity index is 1.75. The molecule has 2 rings (SSSR count). The molecule has 21 heavy (non-hydrogen) atoms. The van der Waals surface area contributed by atoms with Gasteiger partial charge in [0.15, 0.2) is 5.82 Å². The average molecular weight is 326 g/mol. The molecule has 0 atom stereocenters. The lowest BCUT2D eigenvalue weighted by atomic mass is 10.3. The van der Waals surface area contributed by atoms with Crippen LogP contribution in [0.3, 0.4) is 0 Å². The van der Waals surface area contributed by atoms with Crippen LogP contribution in [0.2, 0.25) is 5.02 Å². The maximum atomic E-state index is 5.95. The van der Waals surface area contributed by atoms with Gasteiger partial charge >= 0.3 is 0 Å². The molecule has 2 aromatic rings. The summed E-state index contributed by atoms with van der Waals surface area (Å²) in [6, 6.07) is 8.27. The van der Waals surface area contributed by atoms with Gasteiger partial charge in [-0.3, -0.25) is 0 Å². The SMILES string of the molecule is CC(C)NCCCc1nc(CSc2cccc(Cl)c2)no1. The Kier molecular flexibility index (Phi) is 6.54. The molecule has 4 nitrogen and oxygen atoms in total. The van der Waals surface area contributed by atoms with Crippen LogP contribution in [0.15, 0.2) is 33.7 Å². The monoisotopic (exact) mass is 325 g/mol. The van der Waals surface area contributed by atoms with Gasteiger partial charge in [0.2, 0.25) is 5.89 Å². The lowest BCUT2D eigenvalue weighted by Crippen LogP contribution is -2.23. The number of hydrogen-bond donors (Lipinski definition) is 1. The Morgan fingerprint density at radius 3 is 3.00 bits per heavy atom. The second-order valence-electron chi connectivity index (χ2n) is 5.06. The smallest absolute Gasteiger partial charge is 0.226 e. The average Bonchev–Trinajstić information content (AvgIpc) is 2.89. The maximum absolute atomic E-state index is 5.95. The first-order valence-electron chi connectivity index (χ1n) is 7.06. The van der Waals surface area contributed by atoms with Crippen LogP contribution in [0.1, 0.15) is 32.0 Å². The third-order valence-electron chi connectivity index (χ3n) is 2.79. The van der Waals surface area contributed by atoms with E-state index in [2.05, 4.69) is 29.3 Å². The van der Waals surface area contributed by atoms with E-state index in [-0.39, 0.29) is 0 Å². The van der Waals surface area contributed by atoms with E-state index < -0.39 is 0 Å². The molecule has 6 heteroatoms. The minimum absolute atomic E-state index is 0.511. The molecule has 1 N–H and O–H groups in total. The molecule has 0 saturated carbocycles. The molecule has 1 aromatic carbocycles. The summed E-state index contributed by atoms with van der Waals surface area (Å²) in [7, 11) is 0. The molecule has 0 aliphatic carbocycles. The zero-order valence-corrected chi connectivity index (χ0v) is 13.9. The molecular formula is C15H20ClN3OS. The van der Waals surface area contributed by atoms with Crippen molar-refractivity contribution in [1.82, 2.24) is 15.5 Å². The highest BCUT2D eigenvalue weighted by Crippen LogP contribution is 2.24. The highest BCUT2D eigenvalue weighted by molar-refractivity contribution is 7.98. The lowest BCUT2D eigenvalue weighted by Gasteiger charge is -2.05. The first kappa shape index (κ1) is 16.3. The van der Waals surface area contributed by atoms with Crippen molar-refractivity contribution < 1.29 is 4.52 Å². The quantitative estimate of drug-likeness (QED) is 0.588. The van der Waals surface area contributed by atoms with E-state index in [1.54, 1.807) is 11.8 Å². The number of thioether (sulfide) groups is 1. The molecule has 0 unspecified atom stereocenters. The van der Waals surface area contributed by atoms with Crippen molar-refractivity contribution in [2.75, 3.05) is 6.54 Å². The first-order chi connectivity index (χ1) is 10.1. The van der Waals surface area contributed by atoms with Crippen LogP contribution in [0, 0.1) is 0 Å². The van der Waals surface area contributed by atoms with Gasteiger partial charge in [-0.05, 0) is 31.2 Å². The highest BCUT2D eigenvalue weighted by Gasteiger charge is 2.07. The Labute approximate surface area is 134 Å². The van der Waals surface area contributed by atoms with E-state index in [0.29, 0.717) is 17.7 Å². The summed E-state index contributed by atoms with van der Waals surface area (Å²) < 4.78 is 5.26. The summed E-state index contributed by atoms with van der Waals surface area (Å²) >= 11 is 7.61. The van der Waals surface area contributed by atoms with Gasteiger partial charge in [0.25, 0.3) is 0 Å². The minimum Gasteiger partial charge on any atom is -0.339 e. The second kappa shape index (κ2) is 8.41. The zero-order valence-electron chi connectivity index (χ0n) is 12.3. The third-order valence-corrected chi connectivity index (χ3v) is 4.02. The molecule has 114 valence electrons. The number of halogens is 1. The van der Waals surface area contributed by atoms with Gasteiger partial charge in [0, 0.05) is 22.4 Å². The molecule has 0 bridgehead atoms. The molecule has 0 amide bonds. The van der Waals surface area contributed by atoms with Crippen LogP contribution < -0.4 is 5.32 Å². The van der Waals surface area contributed by atoms with Crippen LogP contribution in [0.4, 0.5) is 0 Å². The molecule has 0 aliphatic heterocycles. The van der Waals surface area contributed by atoms with Gasteiger partial charge in [-0.25, -0.2) is 0 Å². The fourth-order valence-corrected chi connectivity index (χ4v) is 2.84. The fourth-order valence-electron chi connectivity index (χ4n) is 1.79. The van der Waals surface area contributed by atoms with Crippen molar-refractivity contribution >= 4 is 23.4 Å². The highest BCUT2D eigenvalue weighted by atomic mass is 35.5. The third kappa shape index (κ3) is 6.08. The number of hydrogen-bond acceptors (Lipinski definition) is 5. The molecule has 0 spiro atoms. The Morgan fingerprint density at radius 1 is 1.38 bits per heavy atom. The van der Waals surface area contributed by atoms with Crippen molar-refractivity contribution in [3.05, 3.63) is 41.0 Å². The summed E-state index contributed by atoms with van der Waals surface area (Å²) in [5, 5.41) is 8.12. The van der Waals surface area contributed by atoms with E-state index in [9.17, 15) is 0 Å². The molecule has 0 aliphatic rings. The lowest BCUT2D eigenvalue weighted by molar-refractivity contribution is 0.370. The van der Waals surface area contributed by atoms with Gasteiger partial charge in [0.05, 0.1) is 5.75 Å². The molecule has 0 radical (unpaired) electrons. The van der Waals surface area contributed by atoms with Crippen LogP contribution in [-0.4, -0.2) is 22.7 Å². The summed E-state index contributed by atoms with van der Waals surface area (Å²) in [4.78, 5) is 5.51. The normalized spacial score (nSPS) is 11.2. The van der Waals surface area contributed by atoms with Gasteiger partial charge in [-0.1, -0.05) is 36.7 Å². The maximum Gasteiger partial charge on any atom is 0.226 e. The summed E-state index contributed by atoms with van der Waals surface area (Å²) in [5.41, 5.74) is 0. The summed E-state index contributed by atoms with van der Waals surface area (Å²) in [6.45, 7) is 5.24. The Bertz CT molecular complexity index is 559. The Morgan fingerprint density at radius 2 is 2.24 bits per heavy atom. The van der Waals surface area contributed by atoms with Crippen molar-refractivity contribution in [3.63, 3.8) is 0 Å². The largest absolute Gasteiger partial charge is 0.339 e. The van der Waals surface area contributed by atoms with Crippen molar-refractivity contribution in [2.45, 2.75) is 43.4 Å². The zero-order chi connectivity index (χ0) is 15.1. The minimum atomic E-state index is 0.511. The van der Waals surface area contributed by atoms with Crippen LogP contribution >= 0.6 is 23.4 Å². The first-order valence-corrected chi connectivity index (χ1v) is 8.43. The van der Waals surface area contributed by atoms with Gasteiger partial charge in [0.1, 0.15) is 0 Å². The molecular weight excluding hydrogens is 306 g/mol. The number of benzene rings is 1. The predicted molar refractivity (Wildman–Crippen MR) is 86.8 cm³/mol. The molecule has 0 fully saturated rings. The number of aryl methyl sites for hydroxylation is 1. The number of rotatable bonds is 8. The van der Waals surface area contributed by atoms with Crippen molar-refractivity contribution in [1.29, 1.82) is 0 Å². The van der Waals surface area contributed by atoms with Gasteiger partial charge in [-0.2, -0.15) is 4.98 Å². The summed E-state index contributed by atoms with van der Waals surface area (Å²) in [6.07, 6.45) is 1.82.